The van der Waals surface area contributed by atoms with Crippen molar-refractivity contribution in [2.45, 2.75) is 146 Å². The number of fused-ring (bicyclic) bond motifs is 2. The Morgan fingerprint density at radius 3 is 1.08 bits per heavy atom. The van der Waals surface area contributed by atoms with Crippen LogP contribution in [-0.2, 0) is 66.7 Å². The molecule has 0 radical (unpaired) electrons. The van der Waals surface area contributed by atoms with Crippen molar-refractivity contribution in [1.82, 2.24) is 0 Å². The van der Waals surface area contributed by atoms with Gasteiger partial charge in [-0.3, -0.25) is 28.8 Å². The van der Waals surface area contributed by atoms with Gasteiger partial charge >= 0.3 is 35.8 Å². The number of rotatable bonds is 34. The molecule has 0 saturated heterocycles. The average molecular weight is 1020 g/mol. The molecule has 72 heavy (non-hydrogen) atoms. The van der Waals surface area contributed by atoms with Crippen LogP contribution in [0.5, 0.6) is 0 Å². The molecule has 4 atom stereocenters. The summed E-state index contributed by atoms with van der Waals surface area (Å²) in [7, 11) is 0. The summed E-state index contributed by atoms with van der Waals surface area (Å²) in [6, 6.07) is 9.08. The van der Waals surface area contributed by atoms with Crippen LogP contribution in [0.25, 0.3) is 0 Å². The first kappa shape index (κ1) is 68.1. The number of benzene rings is 2. The van der Waals surface area contributed by atoms with Gasteiger partial charge in [0.25, 0.3) is 0 Å². The molecule has 1 aliphatic rings. The first-order valence-corrected chi connectivity index (χ1v) is 23.0. The number of anilines is 2. The van der Waals surface area contributed by atoms with Gasteiger partial charge in [0.2, 0.25) is 0 Å². The third-order valence-corrected chi connectivity index (χ3v) is 10.3. The zero-order valence-electron chi connectivity index (χ0n) is 39.3. The molecule has 2 aromatic carbocycles. The summed E-state index contributed by atoms with van der Waals surface area (Å²) in [6.45, 7) is 6.60. The number of ketones is 2. The maximum atomic E-state index is 14.1. The van der Waals surface area contributed by atoms with E-state index >= 15 is 0 Å². The van der Waals surface area contributed by atoms with E-state index in [1.54, 1.807) is 36.4 Å². The van der Waals surface area contributed by atoms with Crippen LogP contribution in [0.2, 0.25) is 0 Å². The minimum Gasteiger partial charge on any atom is -0.463 e. The molecule has 20 nitrogen and oxygen atoms in total. The van der Waals surface area contributed by atoms with E-state index in [0.717, 1.165) is 0 Å². The third-order valence-electron chi connectivity index (χ3n) is 10.3. The third kappa shape index (κ3) is 24.4. The van der Waals surface area contributed by atoms with Crippen molar-refractivity contribution in [1.29, 1.82) is 0 Å². The molecule has 2 aromatic rings. The lowest BCUT2D eigenvalue weighted by Gasteiger charge is -2.27. The van der Waals surface area contributed by atoms with E-state index in [1.165, 1.54) is 13.8 Å². The summed E-state index contributed by atoms with van der Waals surface area (Å²) in [5.41, 5.74) is 1.60. The Morgan fingerprint density at radius 2 is 0.778 bits per heavy atom. The molecule has 4 N–H and O–H groups in total. The van der Waals surface area contributed by atoms with Crippen molar-refractivity contribution in [3.63, 3.8) is 0 Å². The minimum absolute atomic E-state index is 0. The largest absolute Gasteiger partial charge is 0.463 e. The Hall–Kier alpha value is -5.96. The lowest BCUT2D eigenvalue weighted by atomic mass is 9.82. The summed E-state index contributed by atoms with van der Waals surface area (Å²) in [5.74, 6) is -4.07. The van der Waals surface area contributed by atoms with Gasteiger partial charge in [-0.05, 0) is 64.5 Å². The smallest absolute Gasteiger partial charge is 0.334 e. The number of aliphatic hydroxyl groups excluding tert-OH is 2. The molecule has 0 amide bonds. The topological polar surface area (TPSA) is 275 Å². The quantitative estimate of drug-likeness (QED) is 0.0280. The summed E-state index contributed by atoms with van der Waals surface area (Å²) >= 11 is 0. The highest BCUT2D eigenvalue weighted by Crippen LogP contribution is 2.37. The maximum Gasteiger partial charge on any atom is 0.334 e. The van der Waals surface area contributed by atoms with Gasteiger partial charge in [0.1, 0.15) is 51.8 Å². The molecular weight excluding hydrogens is 941 g/mol. The van der Waals surface area contributed by atoms with Crippen LogP contribution in [0.15, 0.2) is 36.4 Å². The number of unbranched alkanes of at least 4 members (excludes halogenated alkanes) is 2. The first-order valence-electron chi connectivity index (χ1n) is 23.0. The van der Waals surface area contributed by atoms with Crippen LogP contribution in [0.3, 0.4) is 0 Å². The van der Waals surface area contributed by atoms with Crippen LogP contribution in [0, 0.1) is 0 Å². The van der Waals surface area contributed by atoms with Crippen LogP contribution in [0.4, 0.5) is 11.4 Å². The molecule has 0 saturated carbocycles. The zero-order chi connectivity index (χ0) is 49.8. The number of aliphatic hydroxyl groups is 2. The molecule has 4 unspecified atom stereocenters. The molecule has 0 fully saturated rings. The summed E-state index contributed by atoms with van der Waals surface area (Å²) in [4.78, 5) is 100.0. The van der Waals surface area contributed by atoms with Gasteiger partial charge in [-0.1, -0.05) is 67.8 Å². The van der Waals surface area contributed by atoms with Gasteiger partial charge < -0.3 is 58.7 Å². The summed E-state index contributed by atoms with van der Waals surface area (Å²) < 4.78 is 41.3. The molecule has 0 aromatic heterocycles. The molecule has 20 heteroatoms. The number of hydrogen-bond acceptors (Lipinski definition) is 20. The predicted molar refractivity (Wildman–Crippen MR) is 270 cm³/mol. The van der Waals surface area contributed by atoms with E-state index in [0.29, 0.717) is 49.9 Å². The van der Waals surface area contributed by atoms with Gasteiger partial charge in [0.05, 0.1) is 49.6 Å². The molecule has 1 aliphatic carbocycles. The van der Waals surface area contributed by atoms with Crippen molar-refractivity contribution < 1.29 is 86.5 Å². The number of ether oxygens (including phenoxy) is 8. The molecule has 3 rings (SSSR count). The number of esters is 6. The number of hydrogen-bond donors (Lipinski definition) is 4. The van der Waals surface area contributed by atoms with E-state index in [1.807, 2.05) is 13.8 Å². The van der Waals surface area contributed by atoms with Gasteiger partial charge in [-0.2, -0.15) is 0 Å². The summed E-state index contributed by atoms with van der Waals surface area (Å²) in [6.07, 6.45) is 0.426. The van der Waals surface area contributed by atoms with Gasteiger partial charge in [0.15, 0.2) is 11.6 Å². The average Bonchev–Trinajstić information content (AvgIpc) is 3.32. The Kier molecular flexibility index (Phi) is 35.7. The van der Waals surface area contributed by atoms with E-state index in [4.69, 9.17) is 48.1 Å². The van der Waals surface area contributed by atoms with Crippen molar-refractivity contribution in [2.75, 3.05) is 76.7 Å². The van der Waals surface area contributed by atoms with E-state index in [9.17, 15) is 38.4 Å². The fourth-order valence-corrected chi connectivity index (χ4v) is 6.46. The zero-order valence-corrected chi connectivity index (χ0v) is 39.3. The van der Waals surface area contributed by atoms with Crippen molar-refractivity contribution >= 4 is 58.8 Å². The second kappa shape index (κ2) is 37.8. The Labute approximate surface area is 425 Å². The van der Waals surface area contributed by atoms with E-state index < -0.39 is 60.1 Å². The highest BCUT2D eigenvalue weighted by molar-refractivity contribution is 6.32. The lowest BCUT2D eigenvalue weighted by molar-refractivity contribution is -0.155. The second-order valence-corrected chi connectivity index (χ2v) is 15.7. The second-order valence-electron chi connectivity index (χ2n) is 15.7. The molecule has 0 bridgehead atoms. The van der Waals surface area contributed by atoms with Gasteiger partial charge in [-0.25, -0.2) is 9.59 Å². The van der Waals surface area contributed by atoms with E-state index in [-0.39, 0.29) is 155 Å². The fraction of sp³-hybridized carbons (Fsp3) is 0.615. The summed E-state index contributed by atoms with van der Waals surface area (Å²) in [5, 5.41) is 24.8. The molecule has 0 spiro atoms. The highest BCUT2D eigenvalue weighted by Gasteiger charge is 2.35. The minimum atomic E-state index is -1.22. The molecule has 408 valence electrons. The van der Waals surface area contributed by atoms with Crippen LogP contribution < -0.4 is 10.6 Å². The number of nitrogens with one attached hydrogen (secondary N) is 2. The Bertz CT molecular complexity index is 1850. The monoisotopic (exact) mass is 1020 g/mol. The molecular formula is C52H82N2O18. The van der Waals surface area contributed by atoms with Crippen LogP contribution in [0.1, 0.15) is 153 Å². The Balaban J connectivity index is 0. The normalized spacial score (nSPS) is 12.7. The van der Waals surface area contributed by atoms with Crippen LogP contribution in [-0.4, -0.2) is 148 Å². The van der Waals surface area contributed by atoms with Crippen molar-refractivity contribution in [3.8, 4) is 0 Å². The molecule has 0 aliphatic heterocycles. The number of carbonyl (C=O) groups excluding carboxylic acids is 8. The predicted octanol–water partition coefficient (Wildman–Crippen LogP) is 6.56. The van der Waals surface area contributed by atoms with Crippen molar-refractivity contribution in [3.05, 3.63) is 58.7 Å². The highest BCUT2D eigenvalue weighted by atomic mass is 16.6. The van der Waals surface area contributed by atoms with E-state index in [2.05, 4.69) is 10.6 Å². The van der Waals surface area contributed by atoms with Crippen LogP contribution >= 0.6 is 0 Å². The lowest BCUT2D eigenvalue weighted by Crippen LogP contribution is -2.31. The fourth-order valence-electron chi connectivity index (χ4n) is 6.46. The van der Waals surface area contributed by atoms with Crippen molar-refractivity contribution in [2.24, 2.45) is 0 Å². The Morgan fingerprint density at radius 1 is 0.472 bits per heavy atom. The number of carbonyl (C=O) groups is 8. The first-order chi connectivity index (χ1) is 32.7. The maximum absolute atomic E-state index is 14.1. The SMILES string of the molecule is C.C.C.C.CCC(COC(=O)CCCCC(=O)OCCOCCOC(=O)C(C)O)Nc1ccc(NC(CC)COC(=O)CCCCC(=O)OCCOCCOC(=O)C(C)O)c2c1C(=O)c1ccccc1C2=O. The standard InChI is InChI=1S/C48H66N2O18.4CH4/c1-5-33(29-67-41(55)17-11-9-15-39(53)63-25-21-61-23-27-65-47(59)31(3)51)49-37-19-20-38(44-43(37)45(57)35-13-7-8-14-36(35)46(44)58)50-34(6-2)30-68-42(56)18-12-10-16-40(54)64-26-22-62-24-28-66-48(60)32(4)52;;;;/h7-8,13-14,19-20,31-34,49-52H,5-6,9-12,15-18,21-30H2,1-4H3;4*1H4. The molecule has 0 heterocycles. The van der Waals surface area contributed by atoms with Gasteiger partial charge in [0, 0.05) is 48.2 Å². The van der Waals surface area contributed by atoms with Gasteiger partial charge in [-0.15, -0.1) is 0 Å².